The van der Waals surface area contributed by atoms with Crippen molar-refractivity contribution >= 4 is 5.95 Å². The van der Waals surface area contributed by atoms with E-state index in [4.69, 9.17) is 0 Å². The maximum absolute atomic E-state index is 13.4. The lowest BCUT2D eigenvalue weighted by Gasteiger charge is -2.26. The Labute approximate surface area is 168 Å². The summed E-state index contributed by atoms with van der Waals surface area (Å²) in [5.74, 6) is -0.411. The van der Waals surface area contributed by atoms with Gasteiger partial charge in [-0.25, -0.2) is 19.0 Å². The molecule has 0 saturated carbocycles. The first-order valence-electron chi connectivity index (χ1n) is 9.30. The summed E-state index contributed by atoms with van der Waals surface area (Å²) in [6.45, 7) is 0.310. The molecule has 156 valence electrons. The molecule has 4 rings (SSSR count). The van der Waals surface area contributed by atoms with Crippen LogP contribution in [0.3, 0.4) is 0 Å². The largest absolute Gasteiger partial charge is 0.408 e. The Kier molecular flexibility index (Phi) is 5.23. The molecule has 1 aliphatic heterocycles. The lowest BCUT2D eigenvalue weighted by Crippen LogP contribution is -2.42. The maximum Gasteiger partial charge on any atom is 0.408 e. The monoisotopic (exact) mass is 419 g/mol. The standard InChI is InChI=1S/C20H17F4N5O/c21-15-4-1-3-13(9-15)12-29-18(30)7-6-16(27-29)14-10-25-19(26-11-14)28-8-2-5-17(28)20(22,23)24/h1,3-4,6-7,9-11,17H,2,5,8,12H2. The maximum atomic E-state index is 13.4. The van der Waals surface area contributed by atoms with E-state index in [1.165, 1.54) is 41.3 Å². The molecule has 10 heteroatoms. The summed E-state index contributed by atoms with van der Waals surface area (Å²) < 4.78 is 54.1. The molecule has 0 spiro atoms. The summed E-state index contributed by atoms with van der Waals surface area (Å²) in [7, 11) is 0. The fraction of sp³-hybridized carbons (Fsp3) is 0.300. The Bertz CT molecular complexity index is 1100. The molecular formula is C20H17F4N5O. The summed E-state index contributed by atoms with van der Waals surface area (Å²) in [6, 6.07) is 7.04. The van der Waals surface area contributed by atoms with Crippen molar-refractivity contribution in [3.63, 3.8) is 0 Å². The van der Waals surface area contributed by atoms with Crippen molar-refractivity contribution in [3.05, 3.63) is 70.5 Å². The molecule has 1 aliphatic rings. The van der Waals surface area contributed by atoms with Crippen LogP contribution in [0.5, 0.6) is 0 Å². The first-order valence-corrected chi connectivity index (χ1v) is 9.30. The van der Waals surface area contributed by atoms with E-state index >= 15 is 0 Å². The first-order chi connectivity index (χ1) is 14.3. The topological polar surface area (TPSA) is 63.9 Å². The van der Waals surface area contributed by atoms with Crippen LogP contribution in [0.25, 0.3) is 11.3 Å². The van der Waals surface area contributed by atoms with E-state index in [1.807, 2.05) is 0 Å². The fourth-order valence-electron chi connectivity index (χ4n) is 3.47. The van der Waals surface area contributed by atoms with Crippen LogP contribution in [-0.2, 0) is 6.54 Å². The molecule has 0 amide bonds. The zero-order valence-corrected chi connectivity index (χ0v) is 15.7. The number of anilines is 1. The van der Waals surface area contributed by atoms with Gasteiger partial charge in [0, 0.05) is 30.6 Å². The van der Waals surface area contributed by atoms with Crippen molar-refractivity contribution in [1.82, 2.24) is 19.7 Å². The zero-order valence-electron chi connectivity index (χ0n) is 15.7. The minimum atomic E-state index is -4.34. The van der Waals surface area contributed by atoms with E-state index in [1.54, 1.807) is 12.1 Å². The van der Waals surface area contributed by atoms with E-state index in [0.717, 1.165) is 4.90 Å². The van der Waals surface area contributed by atoms with Crippen molar-refractivity contribution in [1.29, 1.82) is 0 Å². The summed E-state index contributed by atoms with van der Waals surface area (Å²) in [4.78, 5) is 21.4. The number of halogens is 4. The molecule has 1 atom stereocenters. The minimum Gasteiger partial charge on any atom is -0.329 e. The van der Waals surface area contributed by atoms with Crippen LogP contribution in [0.1, 0.15) is 18.4 Å². The fourth-order valence-corrected chi connectivity index (χ4v) is 3.47. The van der Waals surface area contributed by atoms with Crippen LogP contribution in [0.2, 0.25) is 0 Å². The highest BCUT2D eigenvalue weighted by Gasteiger charge is 2.46. The summed E-state index contributed by atoms with van der Waals surface area (Å²) >= 11 is 0. The van der Waals surface area contributed by atoms with Gasteiger partial charge in [0.2, 0.25) is 5.95 Å². The highest BCUT2D eigenvalue weighted by atomic mass is 19.4. The molecule has 0 bridgehead atoms. The van der Waals surface area contributed by atoms with Crippen molar-refractivity contribution < 1.29 is 17.6 Å². The van der Waals surface area contributed by atoms with Crippen LogP contribution in [0.4, 0.5) is 23.5 Å². The molecule has 0 radical (unpaired) electrons. The smallest absolute Gasteiger partial charge is 0.329 e. The minimum absolute atomic E-state index is 0.00616. The molecule has 3 heterocycles. The third-order valence-electron chi connectivity index (χ3n) is 4.91. The molecule has 1 unspecified atom stereocenters. The molecule has 3 aromatic rings. The van der Waals surface area contributed by atoms with Gasteiger partial charge in [0.25, 0.3) is 5.56 Å². The van der Waals surface area contributed by atoms with E-state index in [0.29, 0.717) is 23.2 Å². The lowest BCUT2D eigenvalue weighted by atomic mass is 10.2. The summed E-state index contributed by atoms with van der Waals surface area (Å²) in [6.07, 6.45) is -1.14. The van der Waals surface area contributed by atoms with E-state index in [-0.39, 0.29) is 31.0 Å². The van der Waals surface area contributed by atoms with Crippen LogP contribution < -0.4 is 10.5 Å². The molecule has 1 fully saturated rings. The van der Waals surface area contributed by atoms with Crippen molar-refractivity contribution in [2.75, 3.05) is 11.4 Å². The first kappa shape index (κ1) is 20.0. The SMILES string of the molecule is O=c1ccc(-c2cnc(N3CCCC3C(F)(F)F)nc2)nn1Cc1cccc(F)c1. The lowest BCUT2D eigenvalue weighted by molar-refractivity contribution is -0.146. The number of hydrogen-bond acceptors (Lipinski definition) is 5. The van der Waals surface area contributed by atoms with Crippen molar-refractivity contribution in [2.24, 2.45) is 0 Å². The third kappa shape index (κ3) is 4.17. The Hall–Kier alpha value is -3.30. The number of benzene rings is 1. The number of rotatable bonds is 4. The molecule has 6 nitrogen and oxygen atoms in total. The van der Waals surface area contributed by atoms with Gasteiger partial charge in [-0.05, 0) is 36.6 Å². The Morgan fingerprint density at radius 2 is 1.87 bits per heavy atom. The second-order valence-electron chi connectivity index (χ2n) is 7.01. The Balaban J connectivity index is 1.58. The molecule has 0 N–H and O–H groups in total. The highest BCUT2D eigenvalue weighted by molar-refractivity contribution is 5.56. The average Bonchev–Trinajstić information content (AvgIpc) is 3.20. The summed E-state index contributed by atoms with van der Waals surface area (Å²) in [5, 5.41) is 4.26. The predicted molar refractivity (Wildman–Crippen MR) is 101 cm³/mol. The molecule has 2 aromatic heterocycles. The van der Waals surface area contributed by atoms with Crippen LogP contribution in [0, 0.1) is 5.82 Å². The highest BCUT2D eigenvalue weighted by Crippen LogP contribution is 2.34. The average molecular weight is 419 g/mol. The van der Waals surface area contributed by atoms with Gasteiger partial charge in [0.1, 0.15) is 11.9 Å². The van der Waals surface area contributed by atoms with Crippen molar-refractivity contribution in [2.45, 2.75) is 31.6 Å². The van der Waals surface area contributed by atoms with E-state index in [9.17, 15) is 22.4 Å². The summed E-state index contributed by atoms with van der Waals surface area (Å²) in [5.41, 5.74) is 1.03. The quantitative estimate of drug-likeness (QED) is 0.607. The van der Waals surface area contributed by atoms with Gasteiger partial charge in [0.05, 0.1) is 12.2 Å². The van der Waals surface area contributed by atoms with E-state index in [2.05, 4.69) is 15.1 Å². The predicted octanol–water partition coefficient (Wildman–Crippen LogP) is 3.42. The molecule has 30 heavy (non-hydrogen) atoms. The molecular weight excluding hydrogens is 402 g/mol. The Morgan fingerprint density at radius 1 is 1.10 bits per heavy atom. The van der Waals surface area contributed by atoms with Gasteiger partial charge in [-0.2, -0.15) is 18.3 Å². The molecule has 1 saturated heterocycles. The van der Waals surface area contributed by atoms with Gasteiger partial charge < -0.3 is 4.90 Å². The molecule has 1 aromatic carbocycles. The van der Waals surface area contributed by atoms with Crippen LogP contribution in [0.15, 0.2) is 53.6 Å². The second-order valence-corrected chi connectivity index (χ2v) is 7.01. The van der Waals surface area contributed by atoms with Gasteiger partial charge in [0.15, 0.2) is 0 Å². The number of nitrogens with zero attached hydrogens (tertiary/aromatic N) is 5. The third-order valence-corrected chi connectivity index (χ3v) is 4.91. The van der Waals surface area contributed by atoms with Crippen LogP contribution >= 0.6 is 0 Å². The molecule has 0 aliphatic carbocycles. The zero-order chi connectivity index (χ0) is 21.3. The number of hydrogen-bond donors (Lipinski definition) is 0. The van der Waals surface area contributed by atoms with Crippen LogP contribution in [-0.4, -0.2) is 38.5 Å². The second kappa shape index (κ2) is 7.85. The van der Waals surface area contributed by atoms with Gasteiger partial charge in [-0.3, -0.25) is 4.79 Å². The number of alkyl halides is 3. The van der Waals surface area contributed by atoms with Gasteiger partial charge >= 0.3 is 6.18 Å². The van der Waals surface area contributed by atoms with Crippen molar-refractivity contribution in [3.8, 4) is 11.3 Å². The van der Waals surface area contributed by atoms with Gasteiger partial charge in [-0.1, -0.05) is 12.1 Å². The normalized spacial score (nSPS) is 16.8. The van der Waals surface area contributed by atoms with Gasteiger partial charge in [-0.15, -0.1) is 0 Å². The Morgan fingerprint density at radius 3 is 2.57 bits per heavy atom. The van der Waals surface area contributed by atoms with E-state index < -0.39 is 18.0 Å². The number of aromatic nitrogens is 4.